The fourth-order valence-corrected chi connectivity index (χ4v) is 12.6. The molecule has 0 radical (unpaired) electrons. The Hall–Kier alpha value is 6.48. The van der Waals surface area contributed by atoms with Gasteiger partial charge in [-0.1, -0.05) is 227 Å². The van der Waals surface area contributed by atoms with Gasteiger partial charge in [-0.15, -0.1) is 0 Å². The van der Waals surface area contributed by atoms with E-state index < -0.39 is 60.2 Å². The molecule has 72 heavy (non-hydrogen) atoms. The molecule has 0 aliphatic heterocycles. The van der Waals surface area contributed by atoms with Gasteiger partial charge >= 0.3 is 0 Å². The van der Waals surface area contributed by atoms with Gasteiger partial charge in [0.25, 0.3) is 0 Å². The van der Waals surface area contributed by atoms with Crippen LogP contribution in [0.1, 0.15) is 57.1 Å². The van der Waals surface area contributed by atoms with Crippen molar-refractivity contribution in [2.75, 3.05) is 64.3 Å². The fraction of sp³-hybridized carbons (Fsp3) is 0.368. The molecule has 16 unspecified atom stereocenters. The van der Waals surface area contributed by atoms with Crippen LogP contribution in [0.5, 0.6) is 0 Å². The minimum absolute atomic E-state index is 0.233. The van der Waals surface area contributed by atoms with Crippen molar-refractivity contribution < 1.29 is 36.2 Å². The zero-order valence-electron chi connectivity index (χ0n) is 40.4. The molecule has 10 nitrogen and oxygen atoms in total. The van der Waals surface area contributed by atoms with Crippen molar-refractivity contribution >= 4 is 214 Å². The van der Waals surface area contributed by atoms with E-state index in [0.29, 0.717) is 64.7 Å². The Morgan fingerprint density at radius 1 is 0.333 bits per heavy atom. The summed E-state index contributed by atoms with van der Waals surface area (Å²) in [7, 11) is 38.8. The number of nitrogens with two attached hydrogens (primary N) is 2. The van der Waals surface area contributed by atoms with Gasteiger partial charge in [0.1, 0.15) is 0 Å². The fourth-order valence-electron chi connectivity index (χ4n) is 5.66. The molecule has 0 heterocycles. The minimum Gasteiger partial charge on any atom is -0.399 e. The van der Waals surface area contributed by atoms with E-state index >= 15 is 0 Å². The Morgan fingerprint density at radius 3 is 0.861 bits per heavy atom. The Kier molecular flexibility index (Phi) is 49.6. The van der Waals surface area contributed by atoms with Gasteiger partial charge in [0.15, 0.2) is 0 Å². The summed E-state index contributed by atoms with van der Waals surface area (Å²) < 4.78 is 45.7. The Bertz CT molecular complexity index is 1840. The zero-order valence-corrected chi connectivity index (χ0v) is 66.1. The summed E-state index contributed by atoms with van der Waals surface area (Å²) >= 11 is 0. The first kappa shape index (κ1) is 76.5. The predicted octanol–water partition coefficient (Wildman–Crippen LogP) is 18.8. The van der Waals surface area contributed by atoms with E-state index in [4.69, 9.17) is 47.7 Å². The number of anilines is 2. The van der Waals surface area contributed by atoms with E-state index in [1.807, 2.05) is 43.3 Å². The van der Waals surface area contributed by atoms with Crippen LogP contribution in [-0.2, 0) is 36.2 Å². The van der Waals surface area contributed by atoms with Crippen LogP contribution in [0.15, 0.2) is 97.1 Å². The van der Waals surface area contributed by atoms with Gasteiger partial charge in [-0.3, -0.25) is 0 Å². The molecular weight excluding hydrogens is 1360 g/mol. The lowest BCUT2D eigenvalue weighted by Crippen LogP contribution is -2.11. The van der Waals surface area contributed by atoms with E-state index in [0.717, 1.165) is 16.9 Å². The van der Waals surface area contributed by atoms with Gasteiger partial charge < -0.3 is 47.7 Å². The normalized spacial score (nSPS) is 11.8. The summed E-state index contributed by atoms with van der Waals surface area (Å²) in [5.41, 5.74) is 20.5. The van der Waals surface area contributed by atoms with Gasteiger partial charge in [-0.05, 0) is 59.9 Å². The summed E-state index contributed by atoms with van der Waals surface area (Å²) in [6, 6.07) is 33.0. The average molecular weight is 1430 g/mol. The lowest BCUT2D eigenvalue weighted by Gasteiger charge is -2.20. The number of nitrogen functional groups attached to an aromatic ring is 2. The molecule has 0 amide bonds. The molecule has 0 aliphatic carbocycles. The maximum atomic E-state index is 5.86. The molecule has 4 rings (SSSR count). The first-order valence-corrected chi connectivity index (χ1v) is 57.2. The molecule has 0 aliphatic rings. The summed E-state index contributed by atoms with van der Waals surface area (Å²) in [4.78, 5) is 0. The Labute approximate surface area is 479 Å². The van der Waals surface area contributed by atoms with Gasteiger partial charge in [-0.2, -0.15) is 0 Å². The highest BCUT2D eigenvalue weighted by Crippen LogP contribution is 2.59. The van der Waals surface area contributed by atoms with E-state index in [1.54, 1.807) is 0 Å². The van der Waals surface area contributed by atoms with E-state index in [9.17, 15) is 0 Å². The number of hydrogen-bond donors (Lipinski definition) is 2. The number of benzene rings is 4. The second-order valence-corrected chi connectivity index (χ2v) is 61.7. The van der Waals surface area contributed by atoms with Crippen molar-refractivity contribution in [3.8, 4) is 0 Å². The van der Waals surface area contributed by atoms with Crippen LogP contribution < -0.4 is 11.5 Å². The largest absolute Gasteiger partial charge is 0.399 e. The highest BCUT2D eigenvalue weighted by molar-refractivity contribution is 8.43. The summed E-state index contributed by atoms with van der Waals surface area (Å²) in [6.07, 6.45) is 0. The maximum absolute atomic E-state index is 5.86. The van der Waals surface area contributed by atoms with Crippen molar-refractivity contribution in [3.05, 3.63) is 130 Å². The van der Waals surface area contributed by atoms with Gasteiger partial charge in [0.2, 0.25) is 0 Å². The first-order chi connectivity index (χ1) is 34.0. The molecule has 0 aromatic heterocycles. The van der Waals surface area contributed by atoms with Crippen LogP contribution in [0, 0.1) is 13.8 Å². The molecule has 408 valence electrons. The third kappa shape index (κ3) is 40.7. The molecule has 0 fully saturated rings. The highest BCUT2D eigenvalue weighted by atomic mass is 32.4. The number of rotatable bonds is 28. The third-order valence-corrected chi connectivity index (χ3v) is 20.1. The Balaban J connectivity index is 0.000000480. The molecule has 0 saturated heterocycles. The van der Waals surface area contributed by atoms with Gasteiger partial charge in [0.05, 0.1) is 113 Å². The minimum atomic E-state index is -0.515. The summed E-state index contributed by atoms with van der Waals surface area (Å²) in [6.45, 7) is 9.52. The quantitative estimate of drug-likeness (QED) is 0.0419. The third-order valence-electron chi connectivity index (χ3n) is 9.39. The Morgan fingerprint density at radius 2 is 0.583 bits per heavy atom. The topological polar surface area (TPSA) is 126 Å². The van der Waals surface area contributed by atoms with Gasteiger partial charge in [0, 0.05) is 35.0 Å². The second kappa shape index (κ2) is 46.7. The maximum Gasteiger partial charge on any atom is 0.0639 e. The number of hydrogen-bond acceptors (Lipinski definition) is 10. The van der Waals surface area contributed by atoms with Crippen LogP contribution in [-0.4, -0.2) is 52.9 Å². The number of aryl methyl sites for hydroxylation is 2. The lowest BCUT2D eigenvalue weighted by molar-refractivity contribution is 0.254. The molecule has 0 spiro atoms. The highest BCUT2D eigenvalue weighted by Gasteiger charge is 2.18. The van der Waals surface area contributed by atoms with Crippen LogP contribution in [0.4, 0.5) is 11.4 Å². The summed E-state index contributed by atoms with van der Waals surface area (Å²) in [5, 5.41) is 0. The second-order valence-electron chi connectivity index (χ2n) is 15.1. The van der Waals surface area contributed by atoms with Crippen molar-refractivity contribution in [1.82, 2.24) is 0 Å². The molecule has 0 bridgehead atoms. The standard InChI is InChI=1S/C10H21NO2P6.C10H20O2P6.C9H19NO2P6.C9H18O2P6/c1-7-4-8(2-3-10(7)11)9(5-12-18(14)15)6-13-19(16)17;1-8-2-4-9(5-3-8)10(6-11-17(13)14)7-12-18(15)16;10-9-3-1-7(2-4-9)8(5-11-17(13)14)6-12-18(15)16;12-16(13)10-6-9(7-11-17(14)15)8-4-2-1-3-5-8/h2-4,9H,5-6,11,14-17H2,1H3;2-5,10H,6-7,13-16H2,1H3;1-4,8H,5-6,10,13-16H2;1-5,9H,6-7,12-15H2. The van der Waals surface area contributed by atoms with Gasteiger partial charge in [-0.25, -0.2) is 0 Å². The van der Waals surface area contributed by atoms with Crippen molar-refractivity contribution in [2.45, 2.75) is 37.5 Å². The predicted molar refractivity (Wildman–Crippen MR) is 393 cm³/mol. The monoisotopic (exact) mass is 1430 g/mol. The summed E-state index contributed by atoms with van der Waals surface area (Å²) in [5.74, 6) is 1.07. The molecule has 34 heteroatoms. The molecule has 4 aromatic rings. The molecule has 4 aromatic carbocycles. The lowest BCUT2D eigenvalue weighted by atomic mass is 9.98. The van der Waals surface area contributed by atoms with Crippen molar-refractivity contribution in [2.24, 2.45) is 0 Å². The van der Waals surface area contributed by atoms with Crippen LogP contribution in [0.25, 0.3) is 0 Å². The van der Waals surface area contributed by atoms with E-state index in [1.165, 1.54) is 27.8 Å². The van der Waals surface area contributed by atoms with Crippen molar-refractivity contribution in [1.29, 1.82) is 0 Å². The van der Waals surface area contributed by atoms with E-state index in [2.05, 4.69) is 210 Å². The van der Waals surface area contributed by atoms with Crippen LogP contribution in [0.3, 0.4) is 0 Å². The molecule has 4 N–H and O–H groups in total. The van der Waals surface area contributed by atoms with Crippen LogP contribution >= 0.6 is 203 Å². The zero-order chi connectivity index (χ0) is 54.2. The molecule has 0 saturated carbocycles. The molecule has 16 atom stereocenters. The first-order valence-electron chi connectivity index (χ1n) is 21.2. The van der Waals surface area contributed by atoms with Crippen molar-refractivity contribution in [3.63, 3.8) is 0 Å². The average Bonchev–Trinajstić information content (AvgIpc) is 3.31. The van der Waals surface area contributed by atoms with E-state index in [-0.39, 0.29) is 11.8 Å². The SMILES string of the molecule is Cc1cc(C(COP(P)P)COP(P)P)ccc1N.Cc1ccc(C(COP(P)P)COP(P)P)cc1.Nc1ccc(C(COP(P)P)COP(P)P)cc1.PP(P)OCC(COP(P)P)c1ccccc1. The smallest absolute Gasteiger partial charge is 0.0639 e. The molecular formula is C38H78N2O8P24. The van der Waals surface area contributed by atoms with Crippen LogP contribution in [0.2, 0.25) is 0 Å².